The standard InChI is InChI=1S/C46H48F3N5O11/c1-54-25-35-33-23-28(7-10-30(33)40(42(35)53-54)27-5-8-29(9-6-27)46(47,48)49)44(59)50-13-14-61-15-16-62-17-18-63-19-20-64-21-22-65-26-39(57)51-36-4-2-3-32-41(36)37(55)24-34(43(32)58)31-11-12-38(56)52-45(31)60/h2-10,23,25,31,34,40H,11-22,24,26H2,1H3,(H,50,59)(H,51,57)(H,52,56,60). The fourth-order valence-corrected chi connectivity index (χ4v) is 8.20. The van der Waals surface area contributed by atoms with Crippen LogP contribution in [0.4, 0.5) is 18.9 Å². The Hall–Kier alpha value is -6.12. The lowest BCUT2D eigenvalue weighted by atomic mass is 9.72. The molecule has 1 saturated heterocycles. The molecule has 0 bridgehead atoms. The zero-order valence-electron chi connectivity index (χ0n) is 35.5. The number of amides is 4. The largest absolute Gasteiger partial charge is 0.416 e. The number of nitrogens with one attached hydrogen (secondary N) is 3. The van der Waals surface area contributed by atoms with Crippen LogP contribution in [0.15, 0.2) is 66.9 Å². The third-order valence-corrected chi connectivity index (χ3v) is 11.3. The lowest BCUT2D eigenvalue weighted by Crippen LogP contribution is -2.47. The molecule has 4 aromatic rings. The smallest absolute Gasteiger partial charge is 0.377 e. The van der Waals surface area contributed by atoms with Crippen molar-refractivity contribution >= 4 is 40.9 Å². The van der Waals surface area contributed by atoms with Gasteiger partial charge < -0.3 is 34.3 Å². The number of alkyl halides is 3. The van der Waals surface area contributed by atoms with Crippen molar-refractivity contribution in [3.05, 3.63) is 106 Å². The maximum atomic E-state index is 13.3. The summed E-state index contributed by atoms with van der Waals surface area (Å²) in [4.78, 5) is 75.9. The Balaban J connectivity index is 0.703. The summed E-state index contributed by atoms with van der Waals surface area (Å²) in [5.74, 6) is -4.53. The van der Waals surface area contributed by atoms with E-state index in [1.54, 1.807) is 29.9 Å². The van der Waals surface area contributed by atoms with Crippen molar-refractivity contribution in [1.29, 1.82) is 0 Å². The van der Waals surface area contributed by atoms with Crippen LogP contribution in [0.3, 0.4) is 0 Å². The molecule has 3 aliphatic rings. The Morgan fingerprint density at radius 3 is 2.12 bits per heavy atom. The summed E-state index contributed by atoms with van der Waals surface area (Å²) in [6.07, 6.45) is -2.50. The summed E-state index contributed by atoms with van der Waals surface area (Å²) in [6, 6.07) is 14.9. The Morgan fingerprint density at radius 2 is 1.46 bits per heavy atom. The number of anilines is 1. The number of hydrogen-bond donors (Lipinski definition) is 3. The fourth-order valence-electron chi connectivity index (χ4n) is 8.20. The minimum absolute atomic E-state index is 0.0937. The van der Waals surface area contributed by atoms with Crippen LogP contribution < -0.4 is 16.0 Å². The molecular weight excluding hydrogens is 856 g/mol. The number of aromatic nitrogens is 2. The molecule has 65 heavy (non-hydrogen) atoms. The fraction of sp³-hybridized carbons (Fsp3) is 0.413. The van der Waals surface area contributed by atoms with Gasteiger partial charge in [0.15, 0.2) is 11.6 Å². The molecule has 16 nitrogen and oxygen atoms in total. The number of piperidine rings is 1. The minimum atomic E-state index is -4.43. The molecule has 19 heteroatoms. The average Bonchev–Trinajstić information content (AvgIpc) is 3.79. The number of Topliss-reactive ketones (excluding diaryl/α,β-unsaturated/α-hetero) is 2. The highest BCUT2D eigenvalue weighted by atomic mass is 19.4. The maximum absolute atomic E-state index is 13.3. The van der Waals surface area contributed by atoms with Crippen molar-refractivity contribution < 1.29 is 65.6 Å². The van der Waals surface area contributed by atoms with Crippen LogP contribution in [0.5, 0.6) is 0 Å². The Labute approximate surface area is 371 Å². The number of hydrogen-bond acceptors (Lipinski definition) is 12. The van der Waals surface area contributed by atoms with Gasteiger partial charge in [-0.05, 0) is 53.4 Å². The maximum Gasteiger partial charge on any atom is 0.416 e. The quantitative estimate of drug-likeness (QED) is 0.0690. The number of imide groups is 1. The minimum Gasteiger partial charge on any atom is -0.377 e. The van der Waals surface area contributed by atoms with E-state index in [2.05, 4.69) is 21.0 Å². The highest BCUT2D eigenvalue weighted by Gasteiger charge is 2.43. The van der Waals surface area contributed by atoms with Gasteiger partial charge in [0.1, 0.15) is 6.61 Å². The molecule has 344 valence electrons. The van der Waals surface area contributed by atoms with E-state index in [1.165, 1.54) is 24.3 Å². The molecule has 3 aromatic carbocycles. The summed E-state index contributed by atoms with van der Waals surface area (Å²) >= 11 is 0. The van der Waals surface area contributed by atoms with Gasteiger partial charge in [-0.2, -0.15) is 18.3 Å². The zero-order chi connectivity index (χ0) is 46.1. The molecule has 3 N–H and O–H groups in total. The van der Waals surface area contributed by atoms with E-state index in [0.29, 0.717) is 44.2 Å². The highest BCUT2D eigenvalue weighted by Crippen LogP contribution is 2.48. The monoisotopic (exact) mass is 903 g/mol. The van der Waals surface area contributed by atoms with Crippen molar-refractivity contribution in [1.82, 2.24) is 20.4 Å². The predicted octanol–water partition coefficient (Wildman–Crippen LogP) is 4.49. The van der Waals surface area contributed by atoms with Gasteiger partial charge in [-0.3, -0.25) is 38.8 Å². The number of benzene rings is 3. The molecule has 0 spiro atoms. The number of ketones is 2. The molecule has 1 fully saturated rings. The third kappa shape index (κ3) is 11.4. The molecule has 0 radical (unpaired) electrons. The predicted molar refractivity (Wildman–Crippen MR) is 225 cm³/mol. The molecule has 0 saturated carbocycles. The lowest BCUT2D eigenvalue weighted by molar-refractivity contribution is -0.138. The van der Waals surface area contributed by atoms with Gasteiger partial charge in [0.25, 0.3) is 5.91 Å². The van der Waals surface area contributed by atoms with E-state index in [1.807, 2.05) is 12.3 Å². The van der Waals surface area contributed by atoms with E-state index >= 15 is 0 Å². The molecule has 2 aliphatic carbocycles. The lowest BCUT2D eigenvalue weighted by Gasteiger charge is -2.31. The number of rotatable bonds is 21. The van der Waals surface area contributed by atoms with E-state index in [-0.39, 0.29) is 99.0 Å². The molecule has 7 rings (SSSR count). The molecule has 4 amide bonds. The first-order valence-corrected chi connectivity index (χ1v) is 21.2. The van der Waals surface area contributed by atoms with Crippen LogP contribution in [0.25, 0.3) is 11.1 Å². The van der Waals surface area contributed by atoms with E-state index < -0.39 is 41.3 Å². The molecule has 3 unspecified atom stereocenters. The first-order chi connectivity index (χ1) is 31.3. The van der Waals surface area contributed by atoms with Crippen molar-refractivity contribution in [3.8, 4) is 11.1 Å². The van der Waals surface area contributed by atoms with Gasteiger partial charge >= 0.3 is 6.18 Å². The van der Waals surface area contributed by atoms with E-state index in [4.69, 9.17) is 23.7 Å². The first kappa shape index (κ1) is 46.9. The Kier molecular flexibility index (Phi) is 15.3. The second-order valence-electron chi connectivity index (χ2n) is 15.6. The van der Waals surface area contributed by atoms with Gasteiger partial charge in [0.2, 0.25) is 17.7 Å². The van der Waals surface area contributed by atoms with Gasteiger partial charge in [-0.1, -0.05) is 30.3 Å². The Bertz CT molecular complexity index is 2420. The number of fused-ring (bicyclic) bond motifs is 4. The van der Waals surface area contributed by atoms with Gasteiger partial charge in [-0.15, -0.1) is 0 Å². The summed E-state index contributed by atoms with van der Waals surface area (Å²) in [5.41, 5.74) is 4.00. The molecular formula is C46H48F3N5O11. The number of carbonyl (C=O) groups is 6. The summed E-state index contributed by atoms with van der Waals surface area (Å²) < 4.78 is 68.6. The summed E-state index contributed by atoms with van der Waals surface area (Å²) in [5, 5.41) is 12.3. The van der Waals surface area contributed by atoms with Crippen LogP contribution in [-0.4, -0.2) is 118 Å². The highest BCUT2D eigenvalue weighted by molar-refractivity contribution is 6.19. The second-order valence-corrected chi connectivity index (χ2v) is 15.6. The van der Waals surface area contributed by atoms with Gasteiger partial charge in [0, 0.05) is 61.2 Å². The second kappa shape index (κ2) is 21.2. The van der Waals surface area contributed by atoms with Crippen LogP contribution in [0.2, 0.25) is 0 Å². The van der Waals surface area contributed by atoms with Crippen LogP contribution in [0, 0.1) is 11.8 Å². The average molecular weight is 904 g/mol. The summed E-state index contributed by atoms with van der Waals surface area (Å²) in [7, 11) is 1.77. The molecule has 1 aromatic heterocycles. The third-order valence-electron chi connectivity index (χ3n) is 11.3. The number of nitrogens with zero attached hydrogens (tertiary/aromatic N) is 2. The van der Waals surface area contributed by atoms with Gasteiger partial charge in [-0.25, -0.2) is 0 Å². The van der Waals surface area contributed by atoms with Crippen molar-refractivity contribution in [2.45, 2.75) is 31.4 Å². The molecule has 2 heterocycles. The Morgan fingerprint density at radius 1 is 0.800 bits per heavy atom. The van der Waals surface area contributed by atoms with E-state index in [9.17, 15) is 41.9 Å². The van der Waals surface area contributed by atoms with Crippen molar-refractivity contribution in [3.63, 3.8) is 0 Å². The normalized spacial score (nSPS) is 17.9. The zero-order valence-corrected chi connectivity index (χ0v) is 35.5. The van der Waals surface area contributed by atoms with Gasteiger partial charge in [0.05, 0.1) is 87.9 Å². The number of carbonyl (C=O) groups excluding carboxylic acids is 6. The molecule has 1 aliphatic heterocycles. The number of aryl methyl sites for hydroxylation is 1. The topological polar surface area (TPSA) is 202 Å². The van der Waals surface area contributed by atoms with Crippen molar-refractivity contribution in [2.75, 3.05) is 77.9 Å². The van der Waals surface area contributed by atoms with Crippen LogP contribution in [-0.2, 0) is 51.3 Å². The number of ether oxygens (including phenoxy) is 5. The SMILES string of the molecule is Cn1cc2c(n1)C(c1ccc(C(F)(F)F)cc1)c1ccc(C(=O)NCCOCCOCCOCCOCCOCC(=O)Nc3cccc4c3C(=O)CC(C3CCC(=O)NC3=O)C4=O)cc1-2. The van der Waals surface area contributed by atoms with Crippen molar-refractivity contribution in [2.24, 2.45) is 18.9 Å². The van der Waals surface area contributed by atoms with Crippen LogP contribution >= 0.6 is 0 Å². The van der Waals surface area contributed by atoms with E-state index in [0.717, 1.165) is 34.5 Å². The summed E-state index contributed by atoms with van der Waals surface area (Å²) in [6.45, 7) is 2.43. The van der Waals surface area contributed by atoms with Crippen LogP contribution in [0.1, 0.15) is 78.6 Å². The molecule has 3 atom stereocenters. The first-order valence-electron chi connectivity index (χ1n) is 21.2. The number of halogens is 3.